The molecular weight excluding hydrogens is 189 g/mol. The predicted octanol–water partition coefficient (Wildman–Crippen LogP) is 3.35. The van der Waals surface area contributed by atoms with E-state index in [0.29, 0.717) is 0 Å². The first kappa shape index (κ1) is 12.2. The summed E-state index contributed by atoms with van der Waals surface area (Å²) in [7, 11) is 0. The fourth-order valence-electron chi connectivity index (χ4n) is 1.39. The minimum Gasteiger partial charge on any atom is -0.313 e. The second-order valence-electron chi connectivity index (χ2n) is 4.11. The van der Waals surface area contributed by atoms with E-state index in [1.165, 1.54) is 25.0 Å². The van der Waals surface area contributed by atoms with Crippen LogP contribution in [0.4, 0.5) is 4.39 Å². The molecule has 1 atom stereocenters. The third-order valence-corrected chi connectivity index (χ3v) is 2.75. The Morgan fingerprint density at radius 1 is 1.27 bits per heavy atom. The fraction of sp³-hybridized carbons (Fsp3) is 0.538. The number of halogens is 1. The second-order valence-corrected chi connectivity index (χ2v) is 4.11. The van der Waals surface area contributed by atoms with E-state index in [2.05, 4.69) is 19.2 Å². The first-order chi connectivity index (χ1) is 7.22. The topological polar surface area (TPSA) is 12.0 Å². The Kier molecular flexibility index (Phi) is 5.33. The first-order valence-corrected chi connectivity index (χ1v) is 5.67. The van der Waals surface area contributed by atoms with Crippen LogP contribution in [0.25, 0.3) is 0 Å². The molecule has 1 unspecified atom stereocenters. The minimum atomic E-state index is -0.168. The van der Waals surface area contributed by atoms with Gasteiger partial charge >= 0.3 is 0 Å². The Bertz CT molecular complexity index is 268. The zero-order valence-electron chi connectivity index (χ0n) is 9.59. The summed E-state index contributed by atoms with van der Waals surface area (Å²) in [6.07, 6.45) is 2.44. The summed E-state index contributed by atoms with van der Waals surface area (Å²) >= 11 is 0. The molecule has 2 heteroatoms. The highest BCUT2D eigenvalue weighted by molar-refractivity contribution is 5.15. The molecule has 0 saturated heterocycles. The van der Waals surface area contributed by atoms with E-state index in [-0.39, 0.29) is 5.82 Å². The van der Waals surface area contributed by atoms with Crippen LogP contribution in [-0.4, -0.2) is 6.54 Å². The van der Waals surface area contributed by atoms with Crippen LogP contribution in [0.2, 0.25) is 0 Å². The Balaban J connectivity index is 2.17. The van der Waals surface area contributed by atoms with Gasteiger partial charge in [0, 0.05) is 6.54 Å². The summed E-state index contributed by atoms with van der Waals surface area (Å²) < 4.78 is 12.6. The van der Waals surface area contributed by atoms with E-state index in [0.717, 1.165) is 24.6 Å². The number of rotatable bonds is 6. The van der Waals surface area contributed by atoms with Crippen molar-refractivity contribution in [1.29, 1.82) is 0 Å². The van der Waals surface area contributed by atoms with Crippen molar-refractivity contribution in [2.24, 2.45) is 5.92 Å². The molecular formula is C13H20FN. The maximum atomic E-state index is 12.6. The maximum absolute atomic E-state index is 12.6. The van der Waals surface area contributed by atoms with Gasteiger partial charge in [-0.1, -0.05) is 32.4 Å². The average molecular weight is 209 g/mol. The summed E-state index contributed by atoms with van der Waals surface area (Å²) in [4.78, 5) is 0. The van der Waals surface area contributed by atoms with Gasteiger partial charge in [0.15, 0.2) is 0 Å². The zero-order chi connectivity index (χ0) is 11.1. The molecule has 0 bridgehead atoms. The van der Waals surface area contributed by atoms with Crippen molar-refractivity contribution < 1.29 is 4.39 Å². The van der Waals surface area contributed by atoms with Crippen molar-refractivity contribution in [3.63, 3.8) is 0 Å². The lowest BCUT2D eigenvalue weighted by molar-refractivity contribution is 0.488. The van der Waals surface area contributed by atoms with Gasteiger partial charge in [-0.25, -0.2) is 4.39 Å². The number of benzene rings is 1. The van der Waals surface area contributed by atoms with Crippen molar-refractivity contribution >= 4 is 0 Å². The highest BCUT2D eigenvalue weighted by Gasteiger charge is 1.98. The Hall–Kier alpha value is -0.890. The van der Waals surface area contributed by atoms with Gasteiger partial charge in [-0.2, -0.15) is 0 Å². The molecule has 15 heavy (non-hydrogen) atoms. The lowest BCUT2D eigenvalue weighted by Gasteiger charge is -2.09. The predicted molar refractivity (Wildman–Crippen MR) is 62.2 cm³/mol. The van der Waals surface area contributed by atoms with Gasteiger partial charge in [-0.3, -0.25) is 0 Å². The van der Waals surface area contributed by atoms with E-state index >= 15 is 0 Å². The third-order valence-electron chi connectivity index (χ3n) is 2.75. The number of hydrogen-bond acceptors (Lipinski definition) is 1. The molecule has 84 valence electrons. The molecule has 1 aromatic carbocycles. The van der Waals surface area contributed by atoms with Crippen LogP contribution in [-0.2, 0) is 6.54 Å². The largest absolute Gasteiger partial charge is 0.313 e. The molecule has 0 radical (unpaired) electrons. The molecule has 0 saturated carbocycles. The molecule has 1 N–H and O–H groups in total. The van der Waals surface area contributed by atoms with Crippen molar-refractivity contribution in [3.05, 3.63) is 35.6 Å². The van der Waals surface area contributed by atoms with E-state index in [9.17, 15) is 4.39 Å². The fourth-order valence-corrected chi connectivity index (χ4v) is 1.39. The van der Waals surface area contributed by atoms with Gasteiger partial charge in [0.2, 0.25) is 0 Å². The molecule has 0 aliphatic rings. The minimum absolute atomic E-state index is 0.168. The van der Waals surface area contributed by atoms with Crippen molar-refractivity contribution in [1.82, 2.24) is 5.32 Å². The van der Waals surface area contributed by atoms with Crippen molar-refractivity contribution in [2.45, 2.75) is 33.2 Å². The van der Waals surface area contributed by atoms with Crippen LogP contribution < -0.4 is 5.32 Å². The van der Waals surface area contributed by atoms with Crippen LogP contribution in [0, 0.1) is 11.7 Å². The molecule has 0 aliphatic heterocycles. The van der Waals surface area contributed by atoms with Gasteiger partial charge < -0.3 is 5.32 Å². The summed E-state index contributed by atoms with van der Waals surface area (Å²) in [6.45, 7) is 6.34. The monoisotopic (exact) mass is 209 g/mol. The van der Waals surface area contributed by atoms with Crippen LogP contribution in [0.3, 0.4) is 0 Å². The Morgan fingerprint density at radius 2 is 1.93 bits per heavy atom. The molecule has 0 fully saturated rings. The zero-order valence-corrected chi connectivity index (χ0v) is 9.59. The van der Waals surface area contributed by atoms with Crippen LogP contribution in [0.1, 0.15) is 32.3 Å². The van der Waals surface area contributed by atoms with Crippen molar-refractivity contribution in [2.75, 3.05) is 6.54 Å². The van der Waals surface area contributed by atoms with Crippen molar-refractivity contribution in [3.8, 4) is 0 Å². The second kappa shape index (κ2) is 6.57. The lowest BCUT2D eigenvalue weighted by Crippen LogP contribution is -2.16. The highest BCUT2D eigenvalue weighted by atomic mass is 19.1. The van der Waals surface area contributed by atoms with Crippen LogP contribution >= 0.6 is 0 Å². The SMILES string of the molecule is CCC(C)CCNCc1ccc(F)cc1. The molecule has 0 amide bonds. The van der Waals surface area contributed by atoms with Gasteiger partial charge in [0.1, 0.15) is 5.82 Å². The summed E-state index contributed by atoms with van der Waals surface area (Å²) in [5.74, 6) is 0.615. The van der Waals surface area contributed by atoms with Gasteiger partial charge in [0.05, 0.1) is 0 Å². The van der Waals surface area contributed by atoms with Gasteiger partial charge in [0.25, 0.3) is 0 Å². The molecule has 0 aliphatic carbocycles. The normalized spacial score (nSPS) is 12.7. The van der Waals surface area contributed by atoms with Crippen LogP contribution in [0.5, 0.6) is 0 Å². The van der Waals surface area contributed by atoms with E-state index < -0.39 is 0 Å². The molecule has 1 rings (SSSR count). The van der Waals surface area contributed by atoms with Gasteiger partial charge in [-0.15, -0.1) is 0 Å². The molecule has 0 spiro atoms. The average Bonchev–Trinajstić information content (AvgIpc) is 2.26. The van der Waals surface area contributed by atoms with E-state index in [1.807, 2.05) is 12.1 Å². The highest BCUT2D eigenvalue weighted by Crippen LogP contribution is 2.05. The van der Waals surface area contributed by atoms with E-state index in [1.54, 1.807) is 0 Å². The van der Waals surface area contributed by atoms with Crippen LogP contribution in [0.15, 0.2) is 24.3 Å². The van der Waals surface area contributed by atoms with E-state index in [4.69, 9.17) is 0 Å². The standard InChI is InChI=1S/C13H20FN/c1-3-11(2)8-9-15-10-12-4-6-13(14)7-5-12/h4-7,11,15H,3,8-10H2,1-2H3. The molecule has 1 aromatic rings. The van der Waals surface area contributed by atoms with Gasteiger partial charge in [-0.05, 0) is 36.6 Å². The number of nitrogens with one attached hydrogen (secondary N) is 1. The molecule has 0 heterocycles. The summed E-state index contributed by atoms with van der Waals surface area (Å²) in [6, 6.07) is 6.66. The Labute approximate surface area is 91.7 Å². The lowest BCUT2D eigenvalue weighted by atomic mass is 10.1. The first-order valence-electron chi connectivity index (χ1n) is 5.67. The molecule has 1 nitrogen and oxygen atoms in total. The Morgan fingerprint density at radius 3 is 2.53 bits per heavy atom. The smallest absolute Gasteiger partial charge is 0.123 e. The quantitative estimate of drug-likeness (QED) is 0.708. The molecule has 0 aromatic heterocycles. The third kappa shape index (κ3) is 4.93. The summed E-state index contributed by atoms with van der Waals surface area (Å²) in [5, 5.41) is 3.36. The number of hydrogen-bond donors (Lipinski definition) is 1. The maximum Gasteiger partial charge on any atom is 0.123 e. The summed E-state index contributed by atoms with van der Waals surface area (Å²) in [5.41, 5.74) is 1.14.